The average Bonchev–Trinajstić information content (AvgIpc) is 2.40. The highest BCUT2D eigenvalue weighted by Crippen LogP contribution is 2.26. The summed E-state index contributed by atoms with van der Waals surface area (Å²) in [6.07, 6.45) is -0.290. The molecule has 0 spiro atoms. The molecular weight excluding hydrogens is 385 g/mol. The first-order valence-corrected chi connectivity index (χ1v) is 7.92. The number of nitrogens with zero attached hydrogens (tertiary/aromatic N) is 3. The Morgan fingerprint density at radius 1 is 1.29 bits per heavy atom. The zero-order chi connectivity index (χ0) is 15.6. The summed E-state index contributed by atoms with van der Waals surface area (Å²) < 4.78 is 6.19. The first-order chi connectivity index (χ1) is 9.76. The smallest absolute Gasteiger partial charge is 0.410 e. The molecule has 0 unspecified atom stereocenters. The van der Waals surface area contributed by atoms with Crippen molar-refractivity contribution >= 4 is 34.5 Å². The molecule has 0 bridgehead atoms. The molecule has 1 aromatic rings. The van der Waals surface area contributed by atoms with Crippen LogP contribution < -0.4 is 4.90 Å². The number of pyridine rings is 1. The van der Waals surface area contributed by atoms with Gasteiger partial charge in [0, 0.05) is 26.2 Å². The van der Waals surface area contributed by atoms with Gasteiger partial charge in [-0.15, -0.1) is 0 Å². The normalized spacial score (nSPS) is 16.0. The van der Waals surface area contributed by atoms with E-state index in [0.29, 0.717) is 32.0 Å². The highest BCUT2D eigenvalue weighted by atomic mass is 127. The highest BCUT2D eigenvalue weighted by Gasteiger charge is 2.27. The van der Waals surface area contributed by atoms with E-state index in [2.05, 4.69) is 27.6 Å². The summed E-state index contributed by atoms with van der Waals surface area (Å²) in [7, 11) is 0. The Balaban J connectivity index is 1.97. The number of rotatable bonds is 1. The number of carbonyl (C=O) groups is 1. The molecule has 0 aliphatic carbocycles. The summed E-state index contributed by atoms with van der Waals surface area (Å²) in [6.45, 7) is 7.93. The fourth-order valence-electron chi connectivity index (χ4n) is 2.08. The monoisotopic (exact) mass is 405 g/mol. The van der Waals surface area contributed by atoms with Crippen LogP contribution >= 0.6 is 22.6 Å². The number of hydrogen-bond acceptors (Lipinski definition) is 5. The van der Waals surface area contributed by atoms with Crippen LogP contribution in [0.5, 0.6) is 5.75 Å². The van der Waals surface area contributed by atoms with Crippen molar-refractivity contribution in [2.45, 2.75) is 26.4 Å². The number of aromatic nitrogens is 1. The molecule has 7 heteroatoms. The van der Waals surface area contributed by atoms with Crippen molar-refractivity contribution in [2.24, 2.45) is 0 Å². The number of ether oxygens (including phenoxy) is 1. The molecule has 2 heterocycles. The second-order valence-electron chi connectivity index (χ2n) is 5.93. The summed E-state index contributed by atoms with van der Waals surface area (Å²) in [5.74, 6) is 0.742. The van der Waals surface area contributed by atoms with Crippen LogP contribution in [0.15, 0.2) is 12.1 Å². The molecule has 1 aromatic heterocycles. The first-order valence-electron chi connectivity index (χ1n) is 6.84. The lowest BCUT2D eigenvalue weighted by Gasteiger charge is -2.36. The van der Waals surface area contributed by atoms with E-state index >= 15 is 0 Å². The Labute approximate surface area is 138 Å². The lowest BCUT2D eigenvalue weighted by Crippen LogP contribution is -2.50. The van der Waals surface area contributed by atoms with Gasteiger partial charge in [0.2, 0.25) is 0 Å². The molecule has 0 saturated carbocycles. The molecule has 0 atom stereocenters. The number of anilines is 1. The predicted molar refractivity (Wildman–Crippen MR) is 88.6 cm³/mol. The standard InChI is InChI=1S/C14H20IN3O3/c1-14(2,3)21-13(20)18-8-6-17(7-9-18)12-10(19)4-5-11(15)16-12/h4-5,19H,6-9H2,1-3H3. The molecular formula is C14H20IN3O3. The van der Waals surface area contributed by atoms with E-state index in [-0.39, 0.29) is 11.8 Å². The molecule has 21 heavy (non-hydrogen) atoms. The van der Waals surface area contributed by atoms with Crippen molar-refractivity contribution in [2.75, 3.05) is 31.1 Å². The molecule has 1 N–H and O–H groups in total. The molecule has 6 nitrogen and oxygen atoms in total. The summed E-state index contributed by atoms with van der Waals surface area (Å²) in [4.78, 5) is 20.0. The zero-order valence-corrected chi connectivity index (χ0v) is 14.6. The molecule has 1 saturated heterocycles. The third kappa shape index (κ3) is 4.36. The topological polar surface area (TPSA) is 65.9 Å². The highest BCUT2D eigenvalue weighted by molar-refractivity contribution is 14.1. The molecule has 116 valence electrons. The number of amides is 1. The largest absolute Gasteiger partial charge is 0.504 e. The minimum Gasteiger partial charge on any atom is -0.504 e. The van der Waals surface area contributed by atoms with Gasteiger partial charge in [0.1, 0.15) is 9.30 Å². The lowest BCUT2D eigenvalue weighted by atomic mass is 10.2. The third-order valence-electron chi connectivity index (χ3n) is 3.05. The first kappa shape index (κ1) is 16.1. The van der Waals surface area contributed by atoms with E-state index in [1.165, 1.54) is 0 Å². The van der Waals surface area contributed by atoms with Gasteiger partial charge < -0.3 is 19.6 Å². The third-order valence-corrected chi connectivity index (χ3v) is 3.65. The molecule has 1 aliphatic heterocycles. The van der Waals surface area contributed by atoms with E-state index in [1.54, 1.807) is 17.0 Å². The second-order valence-corrected chi connectivity index (χ2v) is 7.04. The second kappa shape index (κ2) is 6.25. The predicted octanol–water partition coefficient (Wildman–Crippen LogP) is 2.45. The number of carbonyl (C=O) groups excluding carboxylic acids is 1. The Morgan fingerprint density at radius 2 is 1.90 bits per heavy atom. The Morgan fingerprint density at radius 3 is 2.48 bits per heavy atom. The van der Waals surface area contributed by atoms with Crippen molar-refractivity contribution in [1.82, 2.24) is 9.88 Å². The SMILES string of the molecule is CC(C)(C)OC(=O)N1CCN(c2nc(I)ccc2O)CC1. The van der Waals surface area contributed by atoms with Crippen molar-refractivity contribution in [1.29, 1.82) is 0 Å². The van der Waals surface area contributed by atoms with Gasteiger partial charge in [0.15, 0.2) is 11.6 Å². The van der Waals surface area contributed by atoms with E-state index in [1.807, 2.05) is 25.7 Å². The van der Waals surface area contributed by atoms with Gasteiger partial charge in [0.05, 0.1) is 0 Å². The molecule has 2 rings (SSSR count). The molecule has 1 aliphatic rings. The summed E-state index contributed by atoms with van der Waals surface area (Å²) in [5.41, 5.74) is -0.483. The molecule has 1 amide bonds. The van der Waals surface area contributed by atoms with Crippen LogP contribution in [0.25, 0.3) is 0 Å². The van der Waals surface area contributed by atoms with E-state index in [9.17, 15) is 9.90 Å². The van der Waals surface area contributed by atoms with Crippen LogP contribution in [-0.2, 0) is 4.74 Å². The molecule has 0 aromatic carbocycles. The maximum atomic E-state index is 12.0. The number of hydrogen-bond donors (Lipinski definition) is 1. The van der Waals surface area contributed by atoms with E-state index < -0.39 is 5.60 Å². The Bertz CT molecular complexity index is 523. The van der Waals surface area contributed by atoms with Crippen LogP contribution in [0.4, 0.5) is 10.6 Å². The molecule has 0 radical (unpaired) electrons. The maximum Gasteiger partial charge on any atom is 0.410 e. The molecule has 1 fully saturated rings. The van der Waals surface area contributed by atoms with Gasteiger partial charge in [0.25, 0.3) is 0 Å². The van der Waals surface area contributed by atoms with Crippen LogP contribution in [0.1, 0.15) is 20.8 Å². The van der Waals surface area contributed by atoms with Gasteiger partial charge >= 0.3 is 6.09 Å². The number of halogens is 1. The minimum atomic E-state index is -0.483. The quantitative estimate of drug-likeness (QED) is 0.575. The summed E-state index contributed by atoms with van der Waals surface area (Å²) >= 11 is 2.11. The average molecular weight is 405 g/mol. The van der Waals surface area contributed by atoms with Crippen molar-refractivity contribution in [3.05, 3.63) is 15.8 Å². The Kier molecular flexibility index (Phi) is 4.80. The number of piperazine rings is 1. The summed E-state index contributed by atoms with van der Waals surface area (Å²) in [5, 5.41) is 9.90. The van der Waals surface area contributed by atoms with Crippen molar-refractivity contribution in [3.63, 3.8) is 0 Å². The van der Waals surface area contributed by atoms with Gasteiger partial charge in [-0.25, -0.2) is 9.78 Å². The van der Waals surface area contributed by atoms with Crippen LogP contribution in [0.3, 0.4) is 0 Å². The number of aromatic hydroxyl groups is 1. The van der Waals surface area contributed by atoms with Gasteiger partial charge in [-0.1, -0.05) is 0 Å². The van der Waals surface area contributed by atoms with Crippen molar-refractivity contribution in [3.8, 4) is 5.75 Å². The maximum absolute atomic E-state index is 12.0. The van der Waals surface area contributed by atoms with Gasteiger partial charge in [-0.3, -0.25) is 0 Å². The van der Waals surface area contributed by atoms with Crippen LogP contribution in [-0.4, -0.2) is 52.9 Å². The van der Waals surface area contributed by atoms with Crippen LogP contribution in [0.2, 0.25) is 0 Å². The fraction of sp³-hybridized carbons (Fsp3) is 0.571. The minimum absolute atomic E-state index is 0.168. The lowest BCUT2D eigenvalue weighted by molar-refractivity contribution is 0.0240. The summed E-state index contributed by atoms with van der Waals surface area (Å²) in [6, 6.07) is 3.40. The Hall–Kier alpha value is -1.25. The fourth-order valence-corrected chi connectivity index (χ4v) is 2.49. The van der Waals surface area contributed by atoms with E-state index in [4.69, 9.17) is 4.74 Å². The van der Waals surface area contributed by atoms with Gasteiger partial charge in [-0.05, 0) is 55.5 Å². The zero-order valence-electron chi connectivity index (χ0n) is 12.5. The van der Waals surface area contributed by atoms with Gasteiger partial charge in [-0.2, -0.15) is 0 Å². The van der Waals surface area contributed by atoms with E-state index in [0.717, 1.165) is 3.70 Å². The van der Waals surface area contributed by atoms with Crippen molar-refractivity contribution < 1.29 is 14.6 Å². The van der Waals surface area contributed by atoms with Crippen LogP contribution in [0, 0.1) is 3.70 Å².